The van der Waals surface area contributed by atoms with Crippen LogP contribution in [0.25, 0.3) is 0 Å². The number of hydrogen-bond acceptors (Lipinski definition) is 2. The highest BCUT2D eigenvalue weighted by atomic mass is 35.5. The topological polar surface area (TPSA) is 46.5 Å². The van der Waals surface area contributed by atoms with E-state index in [9.17, 15) is 9.18 Å². The first-order valence-corrected chi connectivity index (χ1v) is 4.27. The minimum absolute atomic E-state index is 0.0146. The fourth-order valence-electron chi connectivity index (χ4n) is 0.973. The largest absolute Gasteiger partial charge is 0.505 e. The van der Waals surface area contributed by atoms with Crippen molar-refractivity contribution in [1.29, 1.82) is 0 Å². The third-order valence-electron chi connectivity index (χ3n) is 1.61. The number of rotatable bonds is 3. The second-order valence-corrected chi connectivity index (χ2v) is 3.01. The Balaban J connectivity index is 2.55. The van der Waals surface area contributed by atoms with Gasteiger partial charge in [-0.15, -0.1) is 0 Å². The summed E-state index contributed by atoms with van der Waals surface area (Å²) in [6.07, 6.45) is -0.992. The first-order chi connectivity index (χ1) is 6.59. The normalized spacial score (nSPS) is 9.86. The molecule has 1 N–H and O–H groups in total. The van der Waals surface area contributed by atoms with Crippen LogP contribution in [0.5, 0.6) is 0 Å². The Labute approximate surface area is 85.1 Å². The van der Waals surface area contributed by atoms with Gasteiger partial charge in [-0.1, -0.05) is 17.7 Å². The Bertz CT molecular complexity index is 341. The van der Waals surface area contributed by atoms with Crippen molar-refractivity contribution in [2.45, 2.75) is 6.42 Å². The van der Waals surface area contributed by atoms with Gasteiger partial charge < -0.3 is 9.84 Å². The molecule has 0 bridgehead atoms. The number of benzene rings is 1. The van der Waals surface area contributed by atoms with Gasteiger partial charge in [-0.25, -0.2) is 9.18 Å². The second kappa shape index (κ2) is 4.81. The monoisotopic (exact) mass is 218 g/mol. The molecule has 1 rings (SSSR count). The Hall–Kier alpha value is -1.29. The van der Waals surface area contributed by atoms with E-state index >= 15 is 0 Å². The zero-order chi connectivity index (χ0) is 10.6. The standard InChI is InChI=1S/C9H8ClFO3/c10-8-5-7(11)2-1-6(8)3-4-14-9(12)13/h1-2,5H,3-4H2,(H,12,13). The van der Waals surface area contributed by atoms with Crippen LogP contribution in [-0.4, -0.2) is 17.9 Å². The Morgan fingerprint density at radius 2 is 2.29 bits per heavy atom. The van der Waals surface area contributed by atoms with Crippen molar-refractivity contribution < 1.29 is 19.0 Å². The molecular weight excluding hydrogens is 211 g/mol. The molecule has 0 atom stereocenters. The lowest BCUT2D eigenvalue weighted by Gasteiger charge is -2.03. The third kappa shape index (κ3) is 3.22. The highest BCUT2D eigenvalue weighted by molar-refractivity contribution is 6.31. The quantitative estimate of drug-likeness (QED) is 0.794. The molecular formula is C9H8ClFO3. The lowest BCUT2D eigenvalue weighted by atomic mass is 10.1. The summed E-state index contributed by atoms with van der Waals surface area (Å²) in [5.74, 6) is -0.419. The van der Waals surface area contributed by atoms with Crippen molar-refractivity contribution in [3.05, 3.63) is 34.6 Å². The molecule has 14 heavy (non-hydrogen) atoms. The molecule has 5 heteroatoms. The van der Waals surface area contributed by atoms with E-state index in [0.29, 0.717) is 12.0 Å². The maximum Gasteiger partial charge on any atom is 0.505 e. The predicted molar refractivity (Wildman–Crippen MR) is 49.1 cm³/mol. The van der Waals surface area contributed by atoms with Crippen LogP contribution in [0.15, 0.2) is 18.2 Å². The minimum atomic E-state index is -1.33. The van der Waals surface area contributed by atoms with Gasteiger partial charge in [-0.2, -0.15) is 0 Å². The summed E-state index contributed by atoms with van der Waals surface area (Å²) in [5.41, 5.74) is 0.661. The van der Waals surface area contributed by atoms with Gasteiger partial charge in [0, 0.05) is 11.4 Å². The maximum absolute atomic E-state index is 12.6. The van der Waals surface area contributed by atoms with E-state index in [1.54, 1.807) is 0 Å². The SMILES string of the molecule is O=C(O)OCCc1ccc(F)cc1Cl. The summed E-state index contributed by atoms with van der Waals surface area (Å²) in [6.45, 7) is 0.0146. The van der Waals surface area contributed by atoms with E-state index in [1.807, 2.05) is 0 Å². The summed E-state index contributed by atoms with van der Waals surface area (Å²) in [4.78, 5) is 10.0. The fourth-order valence-corrected chi connectivity index (χ4v) is 1.23. The molecule has 0 aliphatic rings. The van der Waals surface area contributed by atoms with Gasteiger partial charge >= 0.3 is 6.16 Å². The minimum Gasteiger partial charge on any atom is -0.450 e. The number of halogens is 2. The first-order valence-electron chi connectivity index (χ1n) is 3.89. The lowest BCUT2D eigenvalue weighted by molar-refractivity contribution is 0.0927. The highest BCUT2D eigenvalue weighted by Crippen LogP contribution is 2.17. The highest BCUT2D eigenvalue weighted by Gasteiger charge is 2.03. The van der Waals surface area contributed by atoms with Crippen molar-refractivity contribution in [1.82, 2.24) is 0 Å². The summed E-state index contributed by atoms with van der Waals surface area (Å²) < 4.78 is 16.9. The average Bonchev–Trinajstić information content (AvgIpc) is 2.08. The van der Waals surface area contributed by atoms with Gasteiger partial charge in [0.15, 0.2) is 0 Å². The molecule has 0 heterocycles. The van der Waals surface area contributed by atoms with Crippen molar-refractivity contribution in [2.24, 2.45) is 0 Å². The van der Waals surface area contributed by atoms with Crippen LogP contribution in [0.2, 0.25) is 5.02 Å². The van der Waals surface area contributed by atoms with Crippen LogP contribution in [0, 0.1) is 5.82 Å². The molecule has 0 amide bonds. The van der Waals surface area contributed by atoms with Crippen molar-refractivity contribution in [3.8, 4) is 0 Å². The fraction of sp³-hybridized carbons (Fsp3) is 0.222. The summed E-state index contributed by atoms with van der Waals surface area (Å²) in [7, 11) is 0. The second-order valence-electron chi connectivity index (χ2n) is 2.60. The average molecular weight is 219 g/mol. The Morgan fingerprint density at radius 1 is 1.57 bits per heavy atom. The van der Waals surface area contributed by atoms with E-state index in [0.717, 1.165) is 0 Å². The van der Waals surface area contributed by atoms with E-state index in [2.05, 4.69) is 4.74 Å². The molecule has 0 aliphatic heterocycles. The first kappa shape index (κ1) is 10.8. The maximum atomic E-state index is 12.6. The van der Waals surface area contributed by atoms with Crippen molar-refractivity contribution >= 4 is 17.8 Å². The number of ether oxygens (including phenoxy) is 1. The van der Waals surface area contributed by atoms with Crippen LogP contribution < -0.4 is 0 Å². The van der Waals surface area contributed by atoms with Gasteiger partial charge in [-0.05, 0) is 17.7 Å². The molecule has 1 aromatic rings. The molecule has 76 valence electrons. The zero-order valence-electron chi connectivity index (χ0n) is 7.17. The van der Waals surface area contributed by atoms with Crippen LogP contribution >= 0.6 is 11.6 Å². The van der Waals surface area contributed by atoms with Gasteiger partial charge in [0.25, 0.3) is 0 Å². The Morgan fingerprint density at radius 3 is 2.86 bits per heavy atom. The van der Waals surface area contributed by atoms with Gasteiger partial charge in [0.2, 0.25) is 0 Å². The van der Waals surface area contributed by atoms with Crippen LogP contribution in [-0.2, 0) is 11.2 Å². The lowest BCUT2D eigenvalue weighted by Crippen LogP contribution is -2.04. The van der Waals surface area contributed by atoms with Gasteiger partial charge in [0.05, 0.1) is 6.61 Å². The number of carboxylic acid groups (broad SMARTS) is 1. The van der Waals surface area contributed by atoms with E-state index in [4.69, 9.17) is 16.7 Å². The van der Waals surface area contributed by atoms with Crippen LogP contribution in [0.4, 0.5) is 9.18 Å². The summed E-state index contributed by atoms with van der Waals surface area (Å²) in [6, 6.07) is 3.95. The van der Waals surface area contributed by atoms with Crippen molar-refractivity contribution in [3.63, 3.8) is 0 Å². The zero-order valence-corrected chi connectivity index (χ0v) is 7.92. The molecule has 0 aliphatic carbocycles. The van der Waals surface area contributed by atoms with Crippen LogP contribution in [0.3, 0.4) is 0 Å². The van der Waals surface area contributed by atoms with Gasteiger partial charge in [-0.3, -0.25) is 0 Å². The number of hydrogen-bond donors (Lipinski definition) is 1. The van der Waals surface area contributed by atoms with E-state index < -0.39 is 12.0 Å². The van der Waals surface area contributed by atoms with Crippen LogP contribution in [0.1, 0.15) is 5.56 Å². The Kier molecular flexibility index (Phi) is 3.71. The van der Waals surface area contributed by atoms with Crippen molar-refractivity contribution in [2.75, 3.05) is 6.61 Å². The summed E-state index contributed by atoms with van der Waals surface area (Å²) >= 11 is 5.70. The molecule has 1 aromatic carbocycles. The van der Waals surface area contributed by atoms with E-state index in [1.165, 1.54) is 18.2 Å². The summed E-state index contributed by atoms with van der Waals surface area (Å²) in [5, 5.41) is 8.47. The molecule has 0 radical (unpaired) electrons. The molecule has 0 saturated carbocycles. The predicted octanol–water partition coefficient (Wildman–Crippen LogP) is 2.72. The number of carbonyl (C=O) groups is 1. The molecule has 3 nitrogen and oxygen atoms in total. The van der Waals surface area contributed by atoms with E-state index in [-0.39, 0.29) is 11.6 Å². The van der Waals surface area contributed by atoms with Gasteiger partial charge in [0.1, 0.15) is 5.82 Å². The molecule has 0 spiro atoms. The third-order valence-corrected chi connectivity index (χ3v) is 1.96. The molecule has 0 fully saturated rings. The molecule has 0 saturated heterocycles. The smallest absolute Gasteiger partial charge is 0.450 e. The molecule has 0 aromatic heterocycles. The molecule has 0 unspecified atom stereocenters.